The van der Waals surface area contributed by atoms with Crippen LogP contribution in [0.3, 0.4) is 0 Å². The number of likely N-dealkylation sites (tertiary alicyclic amines) is 2. The summed E-state index contributed by atoms with van der Waals surface area (Å²) in [6.45, 7) is 5.36. The highest BCUT2D eigenvalue weighted by atomic mass is 16.2. The van der Waals surface area contributed by atoms with Gasteiger partial charge in [-0.3, -0.25) is 9.69 Å². The van der Waals surface area contributed by atoms with Crippen LogP contribution < -0.4 is 5.32 Å². The zero-order chi connectivity index (χ0) is 14.5. The van der Waals surface area contributed by atoms with E-state index in [0.717, 1.165) is 39.1 Å². The lowest BCUT2D eigenvalue weighted by molar-refractivity contribution is -0.137. The minimum Gasteiger partial charge on any atom is -0.341 e. The third-order valence-corrected chi connectivity index (χ3v) is 5.52. The number of rotatable bonds is 2. The van der Waals surface area contributed by atoms with E-state index < -0.39 is 0 Å². The Morgan fingerprint density at radius 1 is 0.810 bits per heavy atom. The van der Waals surface area contributed by atoms with Crippen LogP contribution in [0.15, 0.2) is 0 Å². The van der Waals surface area contributed by atoms with Crippen LogP contribution in [0, 0.1) is 0 Å². The lowest BCUT2D eigenvalue weighted by Gasteiger charge is -2.37. The topological polar surface area (TPSA) is 35.6 Å². The SMILES string of the molecule is O=C(C1CCCN1C1CCNCC1)N1CCCCCCC1. The Hall–Kier alpha value is -0.610. The molecule has 1 N–H and O–H groups in total. The first-order valence-corrected chi connectivity index (χ1v) is 9.11. The van der Waals surface area contributed by atoms with Gasteiger partial charge in [-0.2, -0.15) is 0 Å². The molecule has 0 saturated carbocycles. The lowest BCUT2D eigenvalue weighted by Crippen LogP contribution is -2.52. The van der Waals surface area contributed by atoms with Gasteiger partial charge in [0, 0.05) is 19.1 Å². The molecule has 0 aliphatic carbocycles. The van der Waals surface area contributed by atoms with Crippen LogP contribution in [0.25, 0.3) is 0 Å². The van der Waals surface area contributed by atoms with E-state index in [1.165, 1.54) is 51.4 Å². The van der Waals surface area contributed by atoms with E-state index in [4.69, 9.17) is 0 Å². The van der Waals surface area contributed by atoms with Crippen LogP contribution in [-0.4, -0.2) is 60.5 Å². The molecule has 3 rings (SSSR count). The summed E-state index contributed by atoms with van der Waals surface area (Å²) in [6.07, 6.45) is 11.1. The molecule has 1 amide bonds. The summed E-state index contributed by atoms with van der Waals surface area (Å²) in [5.41, 5.74) is 0. The maximum atomic E-state index is 13.0. The Balaban J connectivity index is 1.61. The number of carbonyl (C=O) groups is 1. The molecular weight excluding hydrogens is 262 g/mol. The van der Waals surface area contributed by atoms with E-state index in [9.17, 15) is 4.79 Å². The number of amides is 1. The van der Waals surface area contributed by atoms with Gasteiger partial charge in [-0.15, -0.1) is 0 Å². The molecule has 3 fully saturated rings. The maximum Gasteiger partial charge on any atom is 0.239 e. The van der Waals surface area contributed by atoms with E-state index in [1.54, 1.807) is 0 Å². The highest BCUT2D eigenvalue weighted by molar-refractivity contribution is 5.82. The molecule has 21 heavy (non-hydrogen) atoms. The van der Waals surface area contributed by atoms with Crippen molar-refractivity contribution in [3.63, 3.8) is 0 Å². The first kappa shape index (κ1) is 15.3. The predicted molar refractivity (Wildman–Crippen MR) is 85.3 cm³/mol. The van der Waals surface area contributed by atoms with Gasteiger partial charge < -0.3 is 10.2 Å². The van der Waals surface area contributed by atoms with E-state index in [0.29, 0.717) is 11.9 Å². The van der Waals surface area contributed by atoms with Gasteiger partial charge in [0.2, 0.25) is 5.91 Å². The van der Waals surface area contributed by atoms with Crippen molar-refractivity contribution in [1.29, 1.82) is 0 Å². The summed E-state index contributed by atoms with van der Waals surface area (Å²) in [5, 5.41) is 3.44. The monoisotopic (exact) mass is 293 g/mol. The molecule has 1 unspecified atom stereocenters. The molecule has 3 aliphatic rings. The Morgan fingerprint density at radius 3 is 2.19 bits per heavy atom. The minimum absolute atomic E-state index is 0.188. The van der Waals surface area contributed by atoms with E-state index in [1.807, 2.05) is 0 Å². The fourth-order valence-corrected chi connectivity index (χ4v) is 4.31. The van der Waals surface area contributed by atoms with Gasteiger partial charge in [0.1, 0.15) is 0 Å². The van der Waals surface area contributed by atoms with Crippen molar-refractivity contribution in [2.24, 2.45) is 0 Å². The largest absolute Gasteiger partial charge is 0.341 e. The fraction of sp³-hybridized carbons (Fsp3) is 0.941. The number of hydrogen-bond donors (Lipinski definition) is 1. The van der Waals surface area contributed by atoms with Crippen molar-refractivity contribution in [1.82, 2.24) is 15.1 Å². The van der Waals surface area contributed by atoms with E-state index in [-0.39, 0.29) is 6.04 Å². The van der Waals surface area contributed by atoms with Crippen LogP contribution in [0.5, 0.6) is 0 Å². The normalized spacial score (nSPS) is 30.1. The van der Waals surface area contributed by atoms with E-state index >= 15 is 0 Å². The average Bonchev–Trinajstić information content (AvgIpc) is 2.96. The third-order valence-electron chi connectivity index (χ3n) is 5.52. The second-order valence-corrected chi connectivity index (χ2v) is 6.97. The molecule has 4 nitrogen and oxygen atoms in total. The Kier molecular flexibility index (Phi) is 5.53. The number of nitrogens with zero attached hydrogens (tertiary/aromatic N) is 2. The van der Waals surface area contributed by atoms with Crippen molar-refractivity contribution in [3.8, 4) is 0 Å². The molecule has 0 spiro atoms. The molecule has 3 aliphatic heterocycles. The lowest BCUT2D eigenvalue weighted by atomic mass is 10.0. The molecular formula is C17H31N3O. The van der Waals surface area contributed by atoms with Gasteiger partial charge in [0.05, 0.1) is 6.04 Å². The zero-order valence-electron chi connectivity index (χ0n) is 13.4. The first-order valence-electron chi connectivity index (χ1n) is 9.11. The molecule has 1 atom stereocenters. The van der Waals surface area contributed by atoms with Crippen LogP contribution in [0.4, 0.5) is 0 Å². The zero-order valence-corrected chi connectivity index (χ0v) is 13.4. The van der Waals surface area contributed by atoms with Crippen LogP contribution >= 0.6 is 0 Å². The highest BCUT2D eigenvalue weighted by Crippen LogP contribution is 2.26. The summed E-state index contributed by atoms with van der Waals surface area (Å²) in [7, 11) is 0. The molecule has 120 valence electrons. The quantitative estimate of drug-likeness (QED) is 0.846. The number of hydrogen-bond acceptors (Lipinski definition) is 3. The second kappa shape index (κ2) is 7.59. The highest BCUT2D eigenvalue weighted by Gasteiger charge is 2.37. The van der Waals surface area contributed by atoms with Gasteiger partial charge in [0.25, 0.3) is 0 Å². The second-order valence-electron chi connectivity index (χ2n) is 6.97. The molecule has 0 radical (unpaired) electrons. The molecule has 0 aromatic heterocycles. The summed E-state index contributed by atoms with van der Waals surface area (Å²) in [4.78, 5) is 17.7. The smallest absolute Gasteiger partial charge is 0.239 e. The maximum absolute atomic E-state index is 13.0. The van der Waals surface area contributed by atoms with Crippen LogP contribution in [0.1, 0.15) is 57.8 Å². The number of carbonyl (C=O) groups excluding carboxylic acids is 1. The molecule has 4 heteroatoms. The molecule has 0 bridgehead atoms. The molecule has 3 saturated heterocycles. The molecule has 0 aromatic carbocycles. The Labute approximate surface area is 129 Å². The van der Waals surface area contributed by atoms with Gasteiger partial charge in [0.15, 0.2) is 0 Å². The Bertz CT molecular complexity index is 333. The van der Waals surface area contributed by atoms with Crippen molar-refractivity contribution in [2.75, 3.05) is 32.7 Å². The van der Waals surface area contributed by atoms with Crippen molar-refractivity contribution < 1.29 is 4.79 Å². The van der Waals surface area contributed by atoms with Crippen LogP contribution in [-0.2, 0) is 4.79 Å². The van der Waals surface area contributed by atoms with Gasteiger partial charge in [-0.25, -0.2) is 0 Å². The Morgan fingerprint density at radius 2 is 1.48 bits per heavy atom. The third kappa shape index (κ3) is 3.78. The first-order chi connectivity index (χ1) is 10.4. The van der Waals surface area contributed by atoms with Gasteiger partial charge in [-0.1, -0.05) is 19.3 Å². The summed E-state index contributed by atoms with van der Waals surface area (Å²) in [6, 6.07) is 0.824. The summed E-state index contributed by atoms with van der Waals surface area (Å²) < 4.78 is 0. The number of piperidine rings is 1. The van der Waals surface area contributed by atoms with Crippen molar-refractivity contribution in [3.05, 3.63) is 0 Å². The molecule has 3 heterocycles. The fourth-order valence-electron chi connectivity index (χ4n) is 4.31. The minimum atomic E-state index is 0.188. The van der Waals surface area contributed by atoms with Gasteiger partial charge >= 0.3 is 0 Å². The van der Waals surface area contributed by atoms with Crippen molar-refractivity contribution in [2.45, 2.75) is 69.9 Å². The number of nitrogens with one attached hydrogen (secondary N) is 1. The predicted octanol–water partition coefficient (Wildman–Crippen LogP) is 2.00. The summed E-state index contributed by atoms with van der Waals surface area (Å²) >= 11 is 0. The van der Waals surface area contributed by atoms with Crippen LogP contribution in [0.2, 0.25) is 0 Å². The van der Waals surface area contributed by atoms with E-state index in [2.05, 4.69) is 15.1 Å². The van der Waals surface area contributed by atoms with Crippen molar-refractivity contribution >= 4 is 5.91 Å². The standard InChI is InChI=1S/C17H31N3O/c21-17(19-12-4-2-1-3-5-13-19)16-7-6-14-20(16)15-8-10-18-11-9-15/h15-16,18H,1-14H2. The molecule has 0 aromatic rings. The summed E-state index contributed by atoms with van der Waals surface area (Å²) in [5.74, 6) is 0.438. The van der Waals surface area contributed by atoms with Gasteiger partial charge in [-0.05, 0) is 58.2 Å². The average molecular weight is 293 g/mol.